The molecule has 1 heterocycles. The number of aromatic hydroxyl groups is 1. The highest BCUT2D eigenvalue weighted by molar-refractivity contribution is 6.00. The monoisotopic (exact) mass is 289 g/mol. The Morgan fingerprint density at radius 1 is 1.24 bits per heavy atom. The van der Waals surface area contributed by atoms with E-state index in [0.29, 0.717) is 17.3 Å². The first-order valence-corrected chi connectivity index (χ1v) is 6.60. The number of aryl methyl sites for hydroxylation is 1. The van der Waals surface area contributed by atoms with Gasteiger partial charge in [0.2, 0.25) is 0 Å². The van der Waals surface area contributed by atoms with Crippen LogP contribution >= 0.6 is 0 Å². The van der Waals surface area contributed by atoms with Gasteiger partial charge in [-0.25, -0.2) is 4.79 Å². The third-order valence-corrected chi connectivity index (χ3v) is 2.89. The Hall–Kier alpha value is -2.50. The van der Waals surface area contributed by atoms with Gasteiger partial charge in [-0.2, -0.15) is 0 Å². The van der Waals surface area contributed by atoms with Crippen LogP contribution in [0.4, 0.5) is 16.3 Å². The van der Waals surface area contributed by atoms with E-state index in [0.717, 1.165) is 5.56 Å². The number of phenolic OH excluding ortho intramolecular Hbond substituents is 1. The zero-order valence-corrected chi connectivity index (χ0v) is 12.5. The van der Waals surface area contributed by atoms with Crippen LogP contribution in [0.1, 0.15) is 32.1 Å². The molecule has 3 N–H and O–H groups in total. The van der Waals surface area contributed by atoms with Crippen LogP contribution in [0.15, 0.2) is 28.8 Å². The van der Waals surface area contributed by atoms with Gasteiger partial charge in [0.05, 0.1) is 5.69 Å². The summed E-state index contributed by atoms with van der Waals surface area (Å²) in [4.78, 5) is 11.9. The Morgan fingerprint density at radius 3 is 2.52 bits per heavy atom. The Morgan fingerprint density at radius 2 is 1.95 bits per heavy atom. The highest BCUT2D eigenvalue weighted by Gasteiger charge is 2.20. The molecule has 0 fully saturated rings. The standard InChI is InChI=1S/C15H19N3O3/c1-9-5-6-10(11(19)7-9)16-14(20)17-13-8-12(21-18-13)15(2,3)4/h5-8,19H,1-4H3,(H2,16,17,18,20). The summed E-state index contributed by atoms with van der Waals surface area (Å²) in [5.74, 6) is 1.01. The molecule has 2 rings (SSSR count). The van der Waals surface area contributed by atoms with Crippen LogP contribution in [0.5, 0.6) is 5.75 Å². The Bertz CT molecular complexity index is 656. The third kappa shape index (κ3) is 3.75. The predicted molar refractivity (Wildman–Crippen MR) is 80.7 cm³/mol. The highest BCUT2D eigenvalue weighted by Crippen LogP contribution is 2.26. The van der Waals surface area contributed by atoms with Crippen molar-refractivity contribution in [2.24, 2.45) is 0 Å². The smallest absolute Gasteiger partial charge is 0.325 e. The number of amides is 2. The van der Waals surface area contributed by atoms with E-state index in [1.165, 1.54) is 0 Å². The van der Waals surface area contributed by atoms with Crippen LogP contribution in [-0.4, -0.2) is 16.3 Å². The fourth-order valence-corrected chi connectivity index (χ4v) is 1.70. The van der Waals surface area contributed by atoms with Crippen LogP contribution in [0.2, 0.25) is 0 Å². The molecule has 0 bridgehead atoms. The summed E-state index contributed by atoms with van der Waals surface area (Å²) in [5, 5.41) is 18.6. The molecule has 0 atom stereocenters. The number of anilines is 2. The lowest BCUT2D eigenvalue weighted by atomic mass is 9.93. The van der Waals surface area contributed by atoms with Crippen molar-refractivity contribution in [3.05, 3.63) is 35.6 Å². The molecule has 1 aromatic heterocycles. The molecule has 0 saturated carbocycles. The lowest BCUT2D eigenvalue weighted by molar-refractivity contribution is 0.261. The second-order valence-corrected chi connectivity index (χ2v) is 5.93. The largest absolute Gasteiger partial charge is 0.506 e. The van der Waals surface area contributed by atoms with E-state index in [9.17, 15) is 9.90 Å². The first-order valence-electron chi connectivity index (χ1n) is 6.60. The summed E-state index contributed by atoms with van der Waals surface area (Å²) < 4.78 is 5.18. The fraction of sp³-hybridized carbons (Fsp3) is 0.333. The van der Waals surface area contributed by atoms with Gasteiger partial charge < -0.3 is 14.9 Å². The summed E-state index contributed by atoms with van der Waals surface area (Å²) in [6, 6.07) is 6.18. The molecule has 0 aliphatic rings. The average molecular weight is 289 g/mol. The third-order valence-electron chi connectivity index (χ3n) is 2.89. The van der Waals surface area contributed by atoms with Crippen molar-refractivity contribution in [1.29, 1.82) is 0 Å². The molecule has 0 unspecified atom stereocenters. The second kappa shape index (κ2) is 5.47. The molecule has 2 amide bonds. The first-order chi connectivity index (χ1) is 9.75. The number of phenols is 1. The van der Waals surface area contributed by atoms with Crippen molar-refractivity contribution in [1.82, 2.24) is 5.16 Å². The van der Waals surface area contributed by atoms with Gasteiger partial charge in [0.15, 0.2) is 5.82 Å². The number of rotatable bonds is 2. The maximum Gasteiger partial charge on any atom is 0.325 e. The minimum absolute atomic E-state index is 0.0145. The number of nitrogens with one attached hydrogen (secondary N) is 2. The van der Waals surface area contributed by atoms with E-state index in [2.05, 4.69) is 15.8 Å². The molecule has 1 aromatic carbocycles. The molecular formula is C15H19N3O3. The normalized spacial score (nSPS) is 11.2. The first kappa shape index (κ1) is 14.9. The van der Waals surface area contributed by atoms with Crippen LogP contribution in [-0.2, 0) is 5.41 Å². The summed E-state index contributed by atoms with van der Waals surface area (Å²) in [6.45, 7) is 7.82. The van der Waals surface area contributed by atoms with E-state index in [-0.39, 0.29) is 11.2 Å². The fourth-order valence-electron chi connectivity index (χ4n) is 1.70. The average Bonchev–Trinajstić information content (AvgIpc) is 2.81. The van der Waals surface area contributed by atoms with E-state index in [4.69, 9.17) is 4.52 Å². The number of nitrogens with zero attached hydrogens (tertiary/aromatic N) is 1. The second-order valence-electron chi connectivity index (χ2n) is 5.93. The van der Waals surface area contributed by atoms with Crippen LogP contribution in [0.25, 0.3) is 0 Å². The molecular weight excluding hydrogens is 270 g/mol. The molecule has 0 aliphatic heterocycles. The van der Waals surface area contributed by atoms with Crippen molar-refractivity contribution >= 4 is 17.5 Å². The molecule has 0 aliphatic carbocycles. The van der Waals surface area contributed by atoms with Crippen molar-refractivity contribution in [2.45, 2.75) is 33.1 Å². The maximum atomic E-state index is 11.9. The number of benzene rings is 1. The van der Waals surface area contributed by atoms with E-state index in [1.807, 2.05) is 27.7 Å². The number of hydrogen-bond acceptors (Lipinski definition) is 4. The van der Waals surface area contributed by atoms with Crippen molar-refractivity contribution in [3.63, 3.8) is 0 Å². The minimum Gasteiger partial charge on any atom is -0.506 e. The number of carbonyl (C=O) groups is 1. The van der Waals surface area contributed by atoms with Gasteiger partial charge in [-0.1, -0.05) is 32.0 Å². The number of aromatic nitrogens is 1. The van der Waals surface area contributed by atoms with Crippen molar-refractivity contribution in [3.8, 4) is 5.75 Å². The molecule has 6 nitrogen and oxygen atoms in total. The lowest BCUT2D eigenvalue weighted by Gasteiger charge is -2.12. The summed E-state index contributed by atoms with van der Waals surface area (Å²) in [5.41, 5.74) is 1.06. The zero-order valence-electron chi connectivity index (χ0n) is 12.5. The number of hydrogen-bond donors (Lipinski definition) is 3. The molecule has 0 radical (unpaired) electrons. The highest BCUT2D eigenvalue weighted by atomic mass is 16.5. The summed E-state index contributed by atoms with van der Waals surface area (Å²) in [6.07, 6.45) is 0. The Kier molecular flexibility index (Phi) is 3.88. The molecule has 21 heavy (non-hydrogen) atoms. The van der Waals surface area contributed by atoms with E-state index < -0.39 is 6.03 Å². The van der Waals surface area contributed by atoms with Crippen LogP contribution < -0.4 is 10.6 Å². The quantitative estimate of drug-likeness (QED) is 0.737. The molecule has 6 heteroatoms. The van der Waals surface area contributed by atoms with Crippen LogP contribution in [0.3, 0.4) is 0 Å². The molecule has 0 spiro atoms. The molecule has 2 aromatic rings. The van der Waals surface area contributed by atoms with Crippen LogP contribution in [0, 0.1) is 6.92 Å². The lowest BCUT2D eigenvalue weighted by Crippen LogP contribution is -2.19. The Balaban J connectivity index is 2.03. The maximum absolute atomic E-state index is 11.9. The van der Waals surface area contributed by atoms with Gasteiger partial charge in [0.1, 0.15) is 11.5 Å². The number of urea groups is 1. The number of carbonyl (C=O) groups excluding carboxylic acids is 1. The zero-order chi connectivity index (χ0) is 15.6. The van der Waals surface area contributed by atoms with Crippen molar-refractivity contribution in [2.75, 3.05) is 10.6 Å². The van der Waals surface area contributed by atoms with Gasteiger partial charge >= 0.3 is 6.03 Å². The van der Waals surface area contributed by atoms with E-state index >= 15 is 0 Å². The van der Waals surface area contributed by atoms with Gasteiger partial charge in [-0.3, -0.25) is 5.32 Å². The van der Waals surface area contributed by atoms with Gasteiger partial charge in [0, 0.05) is 11.5 Å². The molecule has 0 saturated heterocycles. The van der Waals surface area contributed by atoms with Crippen molar-refractivity contribution < 1.29 is 14.4 Å². The summed E-state index contributed by atoms with van der Waals surface area (Å²) >= 11 is 0. The summed E-state index contributed by atoms with van der Waals surface area (Å²) in [7, 11) is 0. The molecule has 112 valence electrons. The Labute approximate surface area is 123 Å². The van der Waals surface area contributed by atoms with Gasteiger partial charge in [-0.15, -0.1) is 0 Å². The van der Waals surface area contributed by atoms with Gasteiger partial charge in [-0.05, 0) is 24.6 Å². The van der Waals surface area contributed by atoms with E-state index in [1.54, 1.807) is 24.3 Å². The van der Waals surface area contributed by atoms with Gasteiger partial charge in [0.25, 0.3) is 0 Å². The topological polar surface area (TPSA) is 87.4 Å². The SMILES string of the molecule is Cc1ccc(NC(=O)Nc2cc(C(C)(C)C)on2)c(O)c1. The predicted octanol–water partition coefficient (Wildman–Crippen LogP) is 3.63. The minimum atomic E-state index is -0.497.